The molecule has 0 aliphatic rings. The molecule has 0 aliphatic carbocycles. The monoisotopic (exact) mass is 485 g/mol. The Bertz CT molecular complexity index is 876. The van der Waals surface area contributed by atoms with Crippen LogP contribution in [0, 0.1) is 0 Å². The molecule has 0 bridgehead atoms. The average Bonchev–Trinajstić information content (AvgIpc) is 2.05. The summed E-state index contributed by atoms with van der Waals surface area (Å²) in [6.45, 7) is 0. The predicted octanol–water partition coefficient (Wildman–Crippen LogP) is 0.722. The molecule has 0 amide bonds. The lowest BCUT2D eigenvalue weighted by Gasteiger charge is -2.15. The lowest BCUT2D eigenvalue weighted by atomic mass is 11.6. The van der Waals surface area contributed by atoms with Crippen LogP contribution in [0.25, 0.3) is 0 Å². The van der Waals surface area contributed by atoms with E-state index in [0.717, 1.165) is 0 Å². The van der Waals surface area contributed by atoms with Crippen LogP contribution in [0.1, 0.15) is 14.9 Å². The zero-order chi connectivity index (χ0) is 20.4. The zero-order valence-electron chi connectivity index (χ0n) is 11.1. The summed E-state index contributed by atoms with van der Waals surface area (Å²) < 4.78 is 151. The van der Waals surface area contributed by atoms with Gasteiger partial charge in [-0.05, 0) is 0 Å². The summed E-state index contributed by atoms with van der Waals surface area (Å²) in [5.74, 6) is 0. The van der Waals surface area contributed by atoms with Crippen LogP contribution in [0.2, 0.25) is 0 Å². The second kappa shape index (κ2) is 9.48. The van der Waals surface area contributed by atoms with E-state index in [0.29, 0.717) is 10.4 Å². The third-order valence-electron chi connectivity index (χ3n) is 1.09. The number of halogens is 6. The highest BCUT2D eigenvalue weighted by atomic mass is 32.3. The van der Waals surface area contributed by atoms with Crippen LogP contribution < -0.4 is 4.13 Å². The SMILES string of the molecule is C.C.CS(=O)(=O)N=S(=O)([O-])C(F)(F)F.CS(=O)(=O)NS(=O)(=O)C(F)(F)F. The lowest BCUT2D eigenvalue weighted by Crippen LogP contribution is -2.39. The highest BCUT2D eigenvalue weighted by molar-refractivity contribution is 8.04. The number of nitrogens with zero attached hydrogens (tertiary/aromatic N) is 1. The van der Waals surface area contributed by atoms with E-state index in [-0.39, 0.29) is 21.1 Å². The normalized spacial score (nSPS) is 15.3. The van der Waals surface area contributed by atoms with E-state index in [4.69, 9.17) is 0 Å². The summed E-state index contributed by atoms with van der Waals surface area (Å²) in [5, 5.41) is 0. The molecule has 1 unspecified atom stereocenters. The summed E-state index contributed by atoms with van der Waals surface area (Å²) in [6, 6.07) is 0. The van der Waals surface area contributed by atoms with Crippen LogP contribution in [0.5, 0.6) is 0 Å². The van der Waals surface area contributed by atoms with Crippen molar-refractivity contribution >= 4 is 40.1 Å². The molecule has 0 rings (SSSR count). The van der Waals surface area contributed by atoms with Gasteiger partial charge < -0.3 is 4.55 Å². The van der Waals surface area contributed by atoms with Gasteiger partial charge in [0.1, 0.15) is 10.0 Å². The van der Waals surface area contributed by atoms with Gasteiger partial charge in [0.2, 0.25) is 10.0 Å². The molecule has 0 saturated heterocycles. The summed E-state index contributed by atoms with van der Waals surface area (Å²) in [5.41, 5.74) is -11.3. The molecule has 164 valence electrons. The second-order valence-corrected chi connectivity index (χ2v) is 10.7. The van der Waals surface area contributed by atoms with Gasteiger partial charge in [0.25, 0.3) is 10.0 Å². The molecule has 0 fully saturated rings. The molecule has 0 saturated carbocycles. The van der Waals surface area contributed by atoms with Crippen molar-refractivity contribution in [1.29, 1.82) is 0 Å². The number of hydrogen-bond acceptors (Lipinski definition) is 8. The van der Waals surface area contributed by atoms with Gasteiger partial charge in [-0.3, -0.25) is 4.21 Å². The first-order valence-corrected chi connectivity index (χ1v) is 11.1. The molecule has 0 radical (unpaired) electrons. The highest BCUT2D eigenvalue weighted by Crippen LogP contribution is 2.24. The highest BCUT2D eigenvalue weighted by Gasteiger charge is 2.47. The van der Waals surface area contributed by atoms with Gasteiger partial charge >= 0.3 is 21.0 Å². The molecular formula is C6H15F6N2O8S4-. The van der Waals surface area contributed by atoms with Gasteiger partial charge in [-0.2, -0.15) is 26.3 Å². The molecule has 0 aromatic rings. The largest absolute Gasteiger partial charge is 0.757 e. The maximum Gasteiger partial charge on any atom is 0.512 e. The Morgan fingerprint density at radius 2 is 1.08 bits per heavy atom. The van der Waals surface area contributed by atoms with Crippen molar-refractivity contribution in [2.24, 2.45) is 3.77 Å². The summed E-state index contributed by atoms with van der Waals surface area (Å²) in [4.78, 5) is 0. The third-order valence-corrected chi connectivity index (χ3v) is 6.24. The molecule has 1 atom stereocenters. The van der Waals surface area contributed by atoms with E-state index in [9.17, 15) is 60.4 Å². The van der Waals surface area contributed by atoms with Crippen molar-refractivity contribution in [2.45, 2.75) is 25.9 Å². The molecule has 20 heteroatoms. The minimum atomic E-state index is -5.92. The number of sulfonamides is 3. The summed E-state index contributed by atoms with van der Waals surface area (Å²) in [7, 11) is -20.7. The van der Waals surface area contributed by atoms with Crippen LogP contribution in [-0.4, -0.2) is 57.5 Å². The molecule has 0 aromatic heterocycles. The van der Waals surface area contributed by atoms with Crippen molar-refractivity contribution in [3.05, 3.63) is 0 Å². The van der Waals surface area contributed by atoms with Crippen molar-refractivity contribution in [1.82, 2.24) is 4.13 Å². The summed E-state index contributed by atoms with van der Waals surface area (Å²) in [6.07, 6.45) is 0.548. The Balaban J connectivity index is -0.000000173. The molecule has 10 nitrogen and oxygen atoms in total. The second-order valence-electron chi connectivity index (χ2n) is 3.53. The molecule has 0 aliphatic heterocycles. The van der Waals surface area contributed by atoms with Gasteiger partial charge in [-0.1, -0.05) is 14.9 Å². The van der Waals surface area contributed by atoms with E-state index in [1.807, 2.05) is 0 Å². The Morgan fingerprint density at radius 3 is 1.15 bits per heavy atom. The fourth-order valence-electron chi connectivity index (χ4n) is 0.467. The number of rotatable bonds is 3. The fourth-order valence-corrected chi connectivity index (χ4v) is 4.20. The predicted molar refractivity (Wildman–Crippen MR) is 78.7 cm³/mol. The Morgan fingerprint density at radius 1 is 0.769 bits per heavy atom. The third kappa shape index (κ3) is 13.5. The molecule has 26 heavy (non-hydrogen) atoms. The first-order valence-electron chi connectivity index (χ1n) is 4.47. The molecule has 0 heterocycles. The maximum absolute atomic E-state index is 11.4. The van der Waals surface area contributed by atoms with Crippen LogP contribution in [0.3, 0.4) is 0 Å². The van der Waals surface area contributed by atoms with Gasteiger partial charge in [0.15, 0.2) is 0 Å². The van der Waals surface area contributed by atoms with E-state index in [1.54, 1.807) is 3.77 Å². The molecular weight excluding hydrogens is 470 g/mol. The van der Waals surface area contributed by atoms with Crippen molar-refractivity contribution in [3.8, 4) is 0 Å². The number of alkyl halides is 6. The minimum absolute atomic E-state index is 0. The smallest absolute Gasteiger partial charge is 0.512 e. The molecule has 0 spiro atoms. The van der Waals surface area contributed by atoms with Gasteiger partial charge in [-0.15, -0.1) is 7.90 Å². The van der Waals surface area contributed by atoms with Crippen molar-refractivity contribution < 1.29 is 60.4 Å². The summed E-state index contributed by atoms with van der Waals surface area (Å²) >= 11 is 0. The number of hydrogen-bond donors (Lipinski definition) is 1. The maximum atomic E-state index is 11.4. The Kier molecular flexibility index (Phi) is 12.0. The van der Waals surface area contributed by atoms with Crippen molar-refractivity contribution in [3.63, 3.8) is 0 Å². The number of nitrogens with one attached hydrogen (secondary N) is 1. The standard InChI is InChI=1S/2C2H4F3NO4S2.2CH4/c2*1-11(7,8)6-12(9,10)2(3,4)5;;/h1H3,(H,6,9,10);6H,1H3;2*1H4/p-1. The van der Waals surface area contributed by atoms with Gasteiger partial charge in [-0.25, -0.2) is 25.3 Å². The van der Waals surface area contributed by atoms with Crippen LogP contribution in [-0.2, 0) is 40.1 Å². The average molecular weight is 485 g/mol. The minimum Gasteiger partial charge on any atom is -0.757 e. The Hall–Kier alpha value is -0.700. The van der Waals surface area contributed by atoms with E-state index in [2.05, 4.69) is 0 Å². The topological polar surface area (TPSA) is 167 Å². The van der Waals surface area contributed by atoms with Crippen LogP contribution in [0.15, 0.2) is 3.77 Å². The van der Waals surface area contributed by atoms with Crippen LogP contribution in [0.4, 0.5) is 26.3 Å². The van der Waals surface area contributed by atoms with Gasteiger partial charge in [0, 0.05) is 0 Å². The van der Waals surface area contributed by atoms with E-state index >= 15 is 0 Å². The van der Waals surface area contributed by atoms with Crippen molar-refractivity contribution in [2.75, 3.05) is 12.5 Å². The quantitative estimate of drug-likeness (QED) is 0.571. The Labute approximate surface area is 147 Å². The van der Waals surface area contributed by atoms with E-state index < -0.39 is 51.1 Å². The molecule has 0 aromatic carbocycles. The first kappa shape index (κ1) is 32.9. The lowest BCUT2D eigenvalue weighted by molar-refractivity contribution is -0.0475. The van der Waals surface area contributed by atoms with Gasteiger partial charge in [0.05, 0.1) is 12.5 Å². The van der Waals surface area contributed by atoms with E-state index in [1.165, 1.54) is 0 Å². The molecule has 1 N–H and O–H groups in total. The first-order chi connectivity index (χ1) is 9.91. The van der Waals surface area contributed by atoms with Crippen LogP contribution >= 0.6 is 0 Å². The fraction of sp³-hybridized carbons (Fsp3) is 1.00. The zero-order valence-corrected chi connectivity index (χ0v) is 14.4.